The first-order valence-electron chi connectivity index (χ1n) is 9.35. The number of rotatable bonds is 5. The Morgan fingerprint density at radius 1 is 1.06 bits per heavy atom. The van der Waals surface area contributed by atoms with Crippen molar-refractivity contribution >= 4 is 34.3 Å². The van der Waals surface area contributed by atoms with Gasteiger partial charge in [0.25, 0.3) is 5.91 Å². The number of oxazole rings is 1. The summed E-state index contributed by atoms with van der Waals surface area (Å²) in [4.78, 5) is 16.5. The van der Waals surface area contributed by atoms with Gasteiger partial charge in [0, 0.05) is 5.69 Å². The van der Waals surface area contributed by atoms with Crippen LogP contribution < -0.4 is 10.1 Å². The lowest BCUT2D eigenvalue weighted by Gasteiger charge is -2.09. The zero-order valence-electron chi connectivity index (χ0n) is 16.6. The summed E-state index contributed by atoms with van der Waals surface area (Å²) in [5.41, 5.74) is 3.53. The van der Waals surface area contributed by atoms with Gasteiger partial charge < -0.3 is 14.5 Å². The predicted octanol–water partition coefficient (Wildman–Crippen LogP) is 6.06. The second-order valence-corrected chi connectivity index (χ2v) is 7.52. The van der Waals surface area contributed by atoms with Gasteiger partial charge >= 0.3 is 0 Å². The summed E-state index contributed by atoms with van der Waals surface area (Å²) in [5.74, 6) is -1.80. The summed E-state index contributed by atoms with van der Waals surface area (Å²) >= 11 is 5.99. The zero-order valence-corrected chi connectivity index (χ0v) is 17.4. The number of hydrogen-bond donors (Lipinski definition) is 1. The smallest absolute Gasteiger partial charge is 0.262 e. The van der Waals surface area contributed by atoms with Crippen molar-refractivity contribution in [2.24, 2.45) is 0 Å². The molecule has 0 unspecified atom stereocenters. The van der Waals surface area contributed by atoms with Crippen LogP contribution in [0.3, 0.4) is 0 Å². The third-order valence-electron chi connectivity index (χ3n) is 4.48. The third kappa shape index (κ3) is 4.67. The van der Waals surface area contributed by atoms with Gasteiger partial charge in [-0.15, -0.1) is 0 Å². The lowest BCUT2D eigenvalue weighted by molar-refractivity contribution is -0.118. The average molecular weight is 443 g/mol. The van der Waals surface area contributed by atoms with Crippen molar-refractivity contribution in [2.75, 3.05) is 11.9 Å². The van der Waals surface area contributed by atoms with E-state index in [4.69, 9.17) is 20.8 Å². The second-order valence-electron chi connectivity index (χ2n) is 7.11. The largest absolute Gasteiger partial charge is 0.484 e. The van der Waals surface area contributed by atoms with Crippen molar-refractivity contribution in [1.29, 1.82) is 0 Å². The standard InChI is InChI=1S/C23H17ClF2N2O3/c1-12-5-13(2)7-15(6-12)30-11-22(29)27-14-3-4-21-20(8-14)28-23(31-21)16-9-18(25)19(26)10-17(16)24/h3-10H,11H2,1-2H3,(H,27,29). The van der Waals surface area contributed by atoms with Crippen LogP contribution in [0.5, 0.6) is 5.75 Å². The van der Waals surface area contributed by atoms with Gasteiger partial charge in [0.15, 0.2) is 23.8 Å². The molecule has 0 saturated carbocycles. The monoisotopic (exact) mass is 442 g/mol. The SMILES string of the molecule is Cc1cc(C)cc(OCC(=O)Nc2ccc3oc(-c4cc(F)c(F)cc4Cl)nc3c2)c1. The van der Waals surface area contributed by atoms with Gasteiger partial charge in [-0.2, -0.15) is 0 Å². The molecule has 0 aliphatic rings. The number of anilines is 1. The minimum Gasteiger partial charge on any atom is -0.484 e. The highest BCUT2D eigenvalue weighted by Gasteiger charge is 2.16. The Morgan fingerprint density at radius 3 is 2.52 bits per heavy atom. The summed E-state index contributed by atoms with van der Waals surface area (Å²) in [6.07, 6.45) is 0. The highest BCUT2D eigenvalue weighted by molar-refractivity contribution is 6.33. The van der Waals surface area contributed by atoms with E-state index in [1.54, 1.807) is 18.2 Å². The van der Waals surface area contributed by atoms with Gasteiger partial charge in [-0.05, 0) is 67.4 Å². The molecule has 1 amide bonds. The Hall–Kier alpha value is -3.45. The first-order valence-corrected chi connectivity index (χ1v) is 9.73. The molecule has 0 bridgehead atoms. The topological polar surface area (TPSA) is 64.4 Å². The van der Waals surface area contributed by atoms with Crippen LogP contribution >= 0.6 is 11.6 Å². The van der Waals surface area contributed by atoms with Crippen LogP contribution in [-0.4, -0.2) is 17.5 Å². The lowest BCUT2D eigenvalue weighted by atomic mass is 10.1. The van der Waals surface area contributed by atoms with E-state index < -0.39 is 11.6 Å². The Labute approximate surface area is 181 Å². The van der Waals surface area contributed by atoms with E-state index in [2.05, 4.69) is 10.3 Å². The normalized spacial score (nSPS) is 11.0. The molecule has 8 heteroatoms. The molecule has 0 radical (unpaired) electrons. The van der Waals surface area contributed by atoms with Gasteiger partial charge in [-0.25, -0.2) is 13.8 Å². The zero-order chi connectivity index (χ0) is 22.1. The summed E-state index contributed by atoms with van der Waals surface area (Å²) in [6, 6.07) is 12.4. The highest BCUT2D eigenvalue weighted by atomic mass is 35.5. The second kappa shape index (κ2) is 8.35. The molecule has 3 aromatic carbocycles. The first-order chi connectivity index (χ1) is 14.8. The van der Waals surface area contributed by atoms with Crippen molar-refractivity contribution in [3.63, 3.8) is 0 Å². The van der Waals surface area contributed by atoms with Crippen LogP contribution in [0.25, 0.3) is 22.6 Å². The number of nitrogens with one attached hydrogen (secondary N) is 1. The first kappa shape index (κ1) is 20.8. The van der Waals surface area contributed by atoms with E-state index in [9.17, 15) is 13.6 Å². The maximum absolute atomic E-state index is 13.6. The van der Waals surface area contributed by atoms with Crippen LogP contribution in [0.2, 0.25) is 5.02 Å². The fourth-order valence-corrected chi connectivity index (χ4v) is 3.40. The van der Waals surface area contributed by atoms with E-state index in [0.717, 1.165) is 23.3 Å². The summed E-state index contributed by atoms with van der Waals surface area (Å²) in [6.45, 7) is 3.75. The molecule has 158 valence electrons. The molecule has 4 aromatic rings. The van der Waals surface area contributed by atoms with E-state index in [1.807, 2.05) is 32.0 Å². The van der Waals surface area contributed by atoms with Crippen molar-refractivity contribution in [3.8, 4) is 17.2 Å². The molecule has 31 heavy (non-hydrogen) atoms. The maximum atomic E-state index is 13.6. The molecular weight excluding hydrogens is 426 g/mol. The van der Waals surface area contributed by atoms with Crippen molar-refractivity contribution in [2.45, 2.75) is 13.8 Å². The molecule has 0 fully saturated rings. The minimum absolute atomic E-state index is 0.0254. The van der Waals surface area contributed by atoms with E-state index >= 15 is 0 Å². The predicted molar refractivity (Wildman–Crippen MR) is 114 cm³/mol. The number of carbonyl (C=O) groups excluding carboxylic acids is 1. The maximum Gasteiger partial charge on any atom is 0.262 e. The fraction of sp³-hybridized carbons (Fsp3) is 0.130. The summed E-state index contributed by atoms with van der Waals surface area (Å²) < 4.78 is 38.0. The van der Waals surface area contributed by atoms with Crippen LogP contribution in [-0.2, 0) is 4.79 Å². The number of fused-ring (bicyclic) bond motifs is 1. The number of carbonyl (C=O) groups is 1. The molecule has 0 atom stereocenters. The van der Waals surface area contributed by atoms with Gasteiger partial charge in [-0.1, -0.05) is 17.7 Å². The Kier molecular flexibility index (Phi) is 5.61. The van der Waals surface area contributed by atoms with Gasteiger partial charge in [0.2, 0.25) is 5.89 Å². The number of aryl methyl sites for hydroxylation is 2. The lowest BCUT2D eigenvalue weighted by Crippen LogP contribution is -2.20. The molecule has 5 nitrogen and oxygen atoms in total. The van der Waals surface area contributed by atoms with Crippen LogP contribution in [0.1, 0.15) is 11.1 Å². The molecule has 0 aliphatic carbocycles. The average Bonchev–Trinajstić information content (AvgIpc) is 3.11. The van der Waals surface area contributed by atoms with Gasteiger partial charge in [0.05, 0.1) is 10.6 Å². The van der Waals surface area contributed by atoms with Crippen LogP contribution in [0.4, 0.5) is 14.5 Å². The molecule has 0 spiro atoms. The molecule has 1 N–H and O–H groups in total. The summed E-state index contributed by atoms with van der Waals surface area (Å²) in [5, 5.41) is 2.70. The highest BCUT2D eigenvalue weighted by Crippen LogP contribution is 2.32. The molecular formula is C23H17ClF2N2O3. The Balaban J connectivity index is 1.49. The Morgan fingerprint density at radius 2 is 1.77 bits per heavy atom. The number of ether oxygens (including phenoxy) is 1. The molecule has 0 saturated heterocycles. The minimum atomic E-state index is -1.06. The van der Waals surface area contributed by atoms with E-state index in [1.165, 1.54) is 0 Å². The number of nitrogens with zero attached hydrogens (tertiary/aromatic N) is 1. The molecule has 0 aliphatic heterocycles. The number of amides is 1. The number of hydrogen-bond acceptors (Lipinski definition) is 4. The Bertz CT molecular complexity index is 1280. The number of aromatic nitrogens is 1. The molecule has 1 heterocycles. The van der Waals surface area contributed by atoms with Gasteiger partial charge in [0.1, 0.15) is 11.3 Å². The number of benzene rings is 3. The van der Waals surface area contributed by atoms with Crippen LogP contribution in [0, 0.1) is 25.5 Å². The van der Waals surface area contributed by atoms with Crippen molar-refractivity contribution < 1.29 is 22.7 Å². The molecule has 4 rings (SSSR count). The summed E-state index contributed by atoms with van der Waals surface area (Å²) in [7, 11) is 0. The fourth-order valence-electron chi connectivity index (χ4n) is 3.17. The quantitative estimate of drug-likeness (QED) is 0.381. The van der Waals surface area contributed by atoms with E-state index in [-0.39, 0.29) is 29.0 Å². The third-order valence-corrected chi connectivity index (χ3v) is 4.79. The van der Waals surface area contributed by atoms with Crippen molar-refractivity contribution in [3.05, 3.63) is 76.3 Å². The van der Waals surface area contributed by atoms with Gasteiger partial charge in [-0.3, -0.25) is 4.79 Å². The molecule has 1 aromatic heterocycles. The van der Waals surface area contributed by atoms with Crippen LogP contribution in [0.15, 0.2) is 52.9 Å². The number of halogens is 3. The van der Waals surface area contributed by atoms with E-state index in [0.29, 0.717) is 22.5 Å². The van der Waals surface area contributed by atoms with Crippen molar-refractivity contribution in [1.82, 2.24) is 4.98 Å².